The Labute approximate surface area is 109 Å². The minimum Gasteiger partial charge on any atom is -0.396 e. The van der Waals surface area contributed by atoms with Crippen LogP contribution in [0.1, 0.15) is 18.0 Å². The number of nitrogens with zero attached hydrogens (tertiary/aromatic N) is 2. The highest BCUT2D eigenvalue weighted by Crippen LogP contribution is 2.20. The molecule has 1 aromatic carbocycles. The molecule has 1 aliphatic heterocycles. The van der Waals surface area contributed by atoms with Crippen LogP contribution in [0, 0.1) is 0 Å². The predicted molar refractivity (Wildman–Crippen MR) is 74.8 cm³/mol. The van der Waals surface area contributed by atoms with Gasteiger partial charge in [-0.05, 0) is 31.2 Å². The van der Waals surface area contributed by atoms with E-state index in [9.17, 15) is 0 Å². The summed E-state index contributed by atoms with van der Waals surface area (Å²) >= 11 is 0. The van der Waals surface area contributed by atoms with Crippen LogP contribution in [-0.2, 0) is 0 Å². The molecule has 2 rings (SSSR count). The second kappa shape index (κ2) is 6.18. The maximum absolute atomic E-state index is 8.89. The topological polar surface area (TPSA) is 52.7 Å². The lowest BCUT2D eigenvalue weighted by molar-refractivity contribution is 0.276. The molecule has 4 heteroatoms. The van der Waals surface area contributed by atoms with E-state index in [0.29, 0.717) is 6.42 Å². The zero-order valence-corrected chi connectivity index (χ0v) is 11.0. The fraction of sp³-hybridized carbons (Fsp3) is 0.571. The SMILES string of the molecule is CN1CCN(c2ccc(C(N)CCO)cc2)CC1. The molecular weight excluding hydrogens is 226 g/mol. The molecule has 1 aromatic rings. The zero-order valence-electron chi connectivity index (χ0n) is 11.0. The first-order chi connectivity index (χ1) is 8.70. The van der Waals surface area contributed by atoms with Crippen molar-refractivity contribution >= 4 is 5.69 Å². The largest absolute Gasteiger partial charge is 0.396 e. The van der Waals surface area contributed by atoms with Crippen molar-refractivity contribution in [3.63, 3.8) is 0 Å². The number of nitrogens with two attached hydrogens (primary N) is 1. The highest BCUT2D eigenvalue weighted by molar-refractivity contribution is 5.48. The number of benzene rings is 1. The van der Waals surface area contributed by atoms with Gasteiger partial charge in [0, 0.05) is 44.5 Å². The molecule has 0 amide bonds. The lowest BCUT2D eigenvalue weighted by Gasteiger charge is -2.34. The van der Waals surface area contributed by atoms with Crippen molar-refractivity contribution in [2.24, 2.45) is 5.73 Å². The van der Waals surface area contributed by atoms with Crippen LogP contribution in [0.5, 0.6) is 0 Å². The van der Waals surface area contributed by atoms with Gasteiger partial charge in [-0.15, -0.1) is 0 Å². The standard InChI is InChI=1S/C14H23N3O/c1-16-7-9-17(10-8-16)13-4-2-12(3-5-13)14(15)6-11-18/h2-5,14,18H,6-11,15H2,1H3. The fourth-order valence-electron chi connectivity index (χ4n) is 2.30. The Kier molecular flexibility index (Phi) is 4.58. The molecular formula is C14H23N3O. The number of hydrogen-bond acceptors (Lipinski definition) is 4. The average Bonchev–Trinajstić information content (AvgIpc) is 2.40. The first-order valence-corrected chi connectivity index (χ1v) is 6.60. The van der Waals surface area contributed by atoms with Crippen molar-refractivity contribution in [1.82, 2.24) is 4.90 Å². The molecule has 0 bridgehead atoms. The molecule has 1 fully saturated rings. The van der Waals surface area contributed by atoms with Crippen LogP contribution in [0.2, 0.25) is 0 Å². The van der Waals surface area contributed by atoms with E-state index in [0.717, 1.165) is 31.7 Å². The van der Waals surface area contributed by atoms with E-state index in [-0.39, 0.29) is 12.6 Å². The smallest absolute Gasteiger partial charge is 0.0449 e. The Bertz CT molecular complexity index is 358. The molecule has 3 N–H and O–H groups in total. The van der Waals surface area contributed by atoms with E-state index in [1.807, 2.05) is 0 Å². The molecule has 4 nitrogen and oxygen atoms in total. The van der Waals surface area contributed by atoms with Crippen molar-refractivity contribution in [3.8, 4) is 0 Å². The maximum atomic E-state index is 8.89. The maximum Gasteiger partial charge on any atom is 0.0449 e. The predicted octanol–water partition coefficient (Wildman–Crippen LogP) is 0.821. The van der Waals surface area contributed by atoms with Gasteiger partial charge in [-0.1, -0.05) is 12.1 Å². The van der Waals surface area contributed by atoms with Crippen molar-refractivity contribution in [2.75, 3.05) is 44.7 Å². The molecule has 0 spiro atoms. The minimum atomic E-state index is -0.0588. The molecule has 1 unspecified atom stereocenters. The molecule has 18 heavy (non-hydrogen) atoms. The van der Waals surface area contributed by atoms with Gasteiger partial charge in [-0.2, -0.15) is 0 Å². The van der Waals surface area contributed by atoms with Gasteiger partial charge in [0.1, 0.15) is 0 Å². The van der Waals surface area contributed by atoms with Crippen LogP contribution in [0.4, 0.5) is 5.69 Å². The van der Waals surface area contributed by atoms with Crippen LogP contribution in [0.25, 0.3) is 0 Å². The van der Waals surface area contributed by atoms with Crippen molar-refractivity contribution in [2.45, 2.75) is 12.5 Å². The highest BCUT2D eigenvalue weighted by Gasteiger charge is 2.14. The average molecular weight is 249 g/mol. The molecule has 1 atom stereocenters. The molecule has 0 aliphatic carbocycles. The minimum absolute atomic E-state index is 0.0588. The van der Waals surface area contributed by atoms with Crippen LogP contribution < -0.4 is 10.6 Å². The number of hydrogen-bond donors (Lipinski definition) is 2. The summed E-state index contributed by atoms with van der Waals surface area (Å²) in [6, 6.07) is 8.37. The molecule has 0 aromatic heterocycles. The summed E-state index contributed by atoms with van der Waals surface area (Å²) < 4.78 is 0. The third-order valence-corrected chi connectivity index (χ3v) is 3.63. The summed E-state index contributed by atoms with van der Waals surface area (Å²) in [4.78, 5) is 4.75. The quantitative estimate of drug-likeness (QED) is 0.829. The Hall–Kier alpha value is -1.10. The highest BCUT2D eigenvalue weighted by atomic mass is 16.3. The van der Waals surface area contributed by atoms with Gasteiger partial charge < -0.3 is 20.6 Å². The Morgan fingerprint density at radius 1 is 1.17 bits per heavy atom. The van der Waals surface area contributed by atoms with Crippen molar-refractivity contribution in [1.29, 1.82) is 0 Å². The monoisotopic (exact) mass is 249 g/mol. The second-order valence-corrected chi connectivity index (χ2v) is 5.00. The van der Waals surface area contributed by atoms with Crippen molar-refractivity contribution in [3.05, 3.63) is 29.8 Å². The zero-order chi connectivity index (χ0) is 13.0. The number of aliphatic hydroxyl groups is 1. The van der Waals surface area contributed by atoms with Gasteiger partial charge in [0.25, 0.3) is 0 Å². The van der Waals surface area contributed by atoms with E-state index in [4.69, 9.17) is 10.8 Å². The Morgan fingerprint density at radius 2 is 1.78 bits per heavy atom. The van der Waals surface area contributed by atoms with Crippen LogP contribution in [0.15, 0.2) is 24.3 Å². The summed E-state index contributed by atoms with van der Waals surface area (Å²) in [6.07, 6.45) is 0.619. The van der Waals surface area contributed by atoms with Gasteiger partial charge in [0.05, 0.1) is 0 Å². The normalized spacial score (nSPS) is 18.9. The van der Waals surface area contributed by atoms with E-state index in [1.165, 1.54) is 5.69 Å². The number of piperazine rings is 1. The Balaban J connectivity index is 1.99. The summed E-state index contributed by atoms with van der Waals surface area (Å²) in [7, 11) is 2.16. The molecule has 0 saturated carbocycles. The van der Waals surface area contributed by atoms with Gasteiger partial charge in [0.2, 0.25) is 0 Å². The van der Waals surface area contributed by atoms with Crippen LogP contribution in [0.3, 0.4) is 0 Å². The molecule has 100 valence electrons. The van der Waals surface area contributed by atoms with E-state index < -0.39 is 0 Å². The summed E-state index contributed by atoms with van der Waals surface area (Å²) in [5.74, 6) is 0. The molecule has 1 heterocycles. The third-order valence-electron chi connectivity index (χ3n) is 3.63. The van der Waals surface area contributed by atoms with Gasteiger partial charge in [-0.25, -0.2) is 0 Å². The molecule has 1 saturated heterocycles. The second-order valence-electron chi connectivity index (χ2n) is 5.00. The van der Waals surface area contributed by atoms with Crippen LogP contribution >= 0.6 is 0 Å². The summed E-state index contributed by atoms with van der Waals surface area (Å²) in [5.41, 5.74) is 8.34. The van der Waals surface area contributed by atoms with E-state index >= 15 is 0 Å². The number of anilines is 1. The van der Waals surface area contributed by atoms with Crippen molar-refractivity contribution < 1.29 is 5.11 Å². The molecule has 1 aliphatic rings. The number of aliphatic hydroxyl groups excluding tert-OH is 1. The fourth-order valence-corrected chi connectivity index (χ4v) is 2.30. The first-order valence-electron chi connectivity index (χ1n) is 6.60. The van der Waals surface area contributed by atoms with E-state index in [1.54, 1.807) is 0 Å². The van der Waals surface area contributed by atoms with E-state index in [2.05, 4.69) is 41.1 Å². The first kappa shape index (κ1) is 13.3. The lowest BCUT2D eigenvalue weighted by Crippen LogP contribution is -2.44. The van der Waals surface area contributed by atoms with Gasteiger partial charge in [0.15, 0.2) is 0 Å². The Morgan fingerprint density at radius 3 is 2.33 bits per heavy atom. The number of likely N-dealkylation sites (N-methyl/N-ethyl adjacent to an activating group) is 1. The van der Waals surface area contributed by atoms with Gasteiger partial charge in [-0.3, -0.25) is 0 Å². The van der Waals surface area contributed by atoms with Crippen LogP contribution in [-0.4, -0.2) is 49.8 Å². The summed E-state index contributed by atoms with van der Waals surface area (Å²) in [5, 5.41) is 8.89. The third kappa shape index (κ3) is 3.22. The van der Waals surface area contributed by atoms with Gasteiger partial charge >= 0.3 is 0 Å². The molecule has 0 radical (unpaired) electrons. The summed E-state index contributed by atoms with van der Waals surface area (Å²) in [6.45, 7) is 4.54. The lowest BCUT2D eigenvalue weighted by atomic mass is 10.0. The number of rotatable bonds is 4.